The third-order valence-electron chi connectivity index (χ3n) is 8.15. The van der Waals surface area contributed by atoms with Crippen LogP contribution in [0.5, 0.6) is 0 Å². The number of hydrogen-bond donors (Lipinski definition) is 2. The van der Waals surface area contributed by atoms with E-state index in [1.807, 2.05) is 38.1 Å². The Morgan fingerprint density at radius 2 is 1.07 bits per heavy atom. The lowest BCUT2D eigenvalue weighted by Gasteiger charge is -2.56. The number of fused-ring (bicyclic) bond motifs is 4. The summed E-state index contributed by atoms with van der Waals surface area (Å²) >= 11 is 0. The zero-order valence-corrected chi connectivity index (χ0v) is 24.7. The lowest BCUT2D eigenvalue weighted by Crippen LogP contribution is -2.68. The molecule has 224 valence electrons. The third-order valence-corrected chi connectivity index (χ3v) is 8.15. The summed E-state index contributed by atoms with van der Waals surface area (Å²) in [5.41, 5.74) is 2.44. The number of piperidine rings is 2. The molecular weight excluding hydrogens is 564 g/mol. The Morgan fingerprint density at radius 3 is 1.41 bits per heavy atom. The van der Waals surface area contributed by atoms with Crippen molar-refractivity contribution >= 4 is 75.2 Å². The zero-order chi connectivity index (χ0) is 31.4. The van der Waals surface area contributed by atoms with Crippen LogP contribution < -0.4 is 20.4 Å². The van der Waals surface area contributed by atoms with Gasteiger partial charge in [0.2, 0.25) is 11.8 Å². The summed E-state index contributed by atoms with van der Waals surface area (Å²) in [4.78, 5) is 82.2. The number of aldehydes is 2. The van der Waals surface area contributed by atoms with E-state index >= 15 is 0 Å². The number of Topliss-reactive ketones (excluding diaryl/α,β-unsaturated/α-hetero) is 1. The Kier molecular flexibility index (Phi) is 6.82. The number of nitrogens with zero attached hydrogens (tertiary/aromatic N) is 6. The summed E-state index contributed by atoms with van der Waals surface area (Å²) in [6.07, 6.45) is 1.12. The van der Waals surface area contributed by atoms with Crippen LogP contribution in [0.15, 0.2) is 36.4 Å². The predicted octanol–water partition coefficient (Wildman–Crippen LogP) is 3.04. The average Bonchev–Trinajstić information content (AvgIpc) is 2.96. The minimum absolute atomic E-state index is 0.0387. The molecule has 0 aliphatic carbocycles. The molecule has 2 aromatic carbocycles. The maximum absolute atomic E-state index is 13.8. The smallest absolute Gasteiger partial charge is 0.222 e. The highest BCUT2D eigenvalue weighted by Crippen LogP contribution is 2.45. The minimum Gasteiger partial charge on any atom is -0.369 e. The molecule has 6 rings (SSSR count). The summed E-state index contributed by atoms with van der Waals surface area (Å²) in [5, 5.41) is 5.09. The van der Waals surface area contributed by atoms with Crippen molar-refractivity contribution in [1.29, 1.82) is 0 Å². The van der Waals surface area contributed by atoms with Gasteiger partial charge in [-0.15, -0.1) is 0 Å². The molecule has 2 fully saturated rings. The number of carbonyl (C=O) groups excluding carboxylic acids is 5. The van der Waals surface area contributed by atoms with Crippen LogP contribution in [0.1, 0.15) is 48.7 Å². The molecule has 2 bridgehead atoms. The van der Waals surface area contributed by atoms with Gasteiger partial charge in [0.05, 0.1) is 32.9 Å². The number of hydrogen-bond acceptors (Lipinski definition) is 11. The number of carbonyl (C=O) groups is 5. The predicted molar refractivity (Wildman–Crippen MR) is 164 cm³/mol. The van der Waals surface area contributed by atoms with Crippen LogP contribution in [0, 0.1) is 10.8 Å². The molecule has 0 saturated carbocycles. The Balaban J connectivity index is 1.30. The summed E-state index contributed by atoms with van der Waals surface area (Å²) in [7, 11) is 0. The van der Waals surface area contributed by atoms with Gasteiger partial charge in [-0.05, 0) is 50.2 Å². The first kappa shape index (κ1) is 28.8. The molecule has 0 unspecified atom stereocenters. The van der Waals surface area contributed by atoms with Crippen LogP contribution in [0.25, 0.3) is 22.1 Å². The van der Waals surface area contributed by atoms with Gasteiger partial charge in [-0.1, -0.05) is 0 Å². The lowest BCUT2D eigenvalue weighted by atomic mass is 9.64. The molecular formula is C31H30N8O5. The molecule has 2 amide bonds. The monoisotopic (exact) mass is 594 g/mol. The first-order chi connectivity index (χ1) is 20.9. The fraction of sp³-hybridized carbons (Fsp3) is 0.323. The first-order valence-electron chi connectivity index (χ1n) is 14.1. The maximum Gasteiger partial charge on any atom is 0.222 e. The van der Waals surface area contributed by atoms with Crippen LogP contribution in [0.3, 0.4) is 0 Å². The number of aromatic nitrogens is 4. The zero-order valence-electron chi connectivity index (χ0n) is 24.7. The van der Waals surface area contributed by atoms with Gasteiger partial charge in [-0.25, -0.2) is 19.9 Å². The average molecular weight is 595 g/mol. The van der Waals surface area contributed by atoms with Crippen LogP contribution in [0.2, 0.25) is 0 Å². The molecule has 44 heavy (non-hydrogen) atoms. The highest BCUT2D eigenvalue weighted by Gasteiger charge is 2.56. The van der Waals surface area contributed by atoms with E-state index in [9.17, 15) is 24.0 Å². The molecule has 0 spiro atoms. The second-order valence-electron chi connectivity index (χ2n) is 12.0. The van der Waals surface area contributed by atoms with E-state index in [0.29, 0.717) is 60.8 Å². The van der Waals surface area contributed by atoms with Gasteiger partial charge in [0.15, 0.2) is 30.0 Å². The Bertz CT molecular complexity index is 1760. The number of benzene rings is 2. The number of rotatable bonds is 6. The minimum atomic E-state index is -0.709. The van der Waals surface area contributed by atoms with Gasteiger partial charge in [0, 0.05) is 51.4 Å². The third kappa shape index (κ3) is 4.99. The van der Waals surface area contributed by atoms with Crippen molar-refractivity contribution in [3.8, 4) is 0 Å². The van der Waals surface area contributed by atoms with Gasteiger partial charge in [-0.3, -0.25) is 24.0 Å². The Morgan fingerprint density at radius 1 is 0.682 bits per heavy atom. The fourth-order valence-corrected chi connectivity index (χ4v) is 6.47. The van der Waals surface area contributed by atoms with Gasteiger partial charge in [0.25, 0.3) is 0 Å². The standard InChI is InChI=1S/C31H30N8O5/c1-17(42)32-27-25(11-40)34-23-9-19(5-7-21(23)36-27)38-13-30(3)15-39(16-31(4,14-38)29(30)44)20-6-8-22-24(10-20)35-26(12-41)28(37-22)33-18(2)43/h5-12H,13-16H2,1-4H3,(H,32,36,42)(H,33,37,43). The molecule has 2 saturated heterocycles. The summed E-state index contributed by atoms with van der Waals surface area (Å²) in [6, 6.07) is 11.1. The van der Waals surface area contributed by atoms with Gasteiger partial charge >= 0.3 is 0 Å². The van der Waals surface area contributed by atoms with Crippen molar-refractivity contribution in [3.05, 3.63) is 47.8 Å². The van der Waals surface area contributed by atoms with E-state index in [4.69, 9.17) is 0 Å². The van der Waals surface area contributed by atoms with Crippen molar-refractivity contribution in [2.45, 2.75) is 27.7 Å². The molecule has 2 aromatic heterocycles. The Labute approximate surface area is 252 Å². The van der Waals surface area contributed by atoms with E-state index in [2.05, 4.69) is 40.4 Å². The van der Waals surface area contributed by atoms with Crippen molar-refractivity contribution in [2.75, 3.05) is 46.6 Å². The molecule has 13 nitrogen and oxygen atoms in total. The van der Waals surface area contributed by atoms with E-state index in [0.717, 1.165) is 11.4 Å². The van der Waals surface area contributed by atoms with E-state index in [-0.39, 0.29) is 40.6 Å². The number of anilines is 4. The topological polar surface area (TPSA) is 167 Å². The quantitative estimate of drug-likeness (QED) is 0.315. The number of ketones is 1. The summed E-state index contributed by atoms with van der Waals surface area (Å²) < 4.78 is 0. The number of amides is 2. The molecule has 13 heteroatoms. The normalized spacial score (nSPS) is 21.3. The number of nitrogens with one attached hydrogen (secondary N) is 2. The summed E-state index contributed by atoms with van der Waals surface area (Å²) in [6.45, 7) is 8.47. The van der Waals surface area contributed by atoms with E-state index in [1.165, 1.54) is 13.8 Å². The van der Waals surface area contributed by atoms with Crippen LogP contribution in [-0.4, -0.2) is 76.3 Å². The van der Waals surface area contributed by atoms with Gasteiger partial charge in [-0.2, -0.15) is 0 Å². The SMILES string of the molecule is CC(=O)Nc1nc2ccc(N3CC4(C)CN(c5ccc6nc(NC(C)=O)c(C=O)nc6c5)CC(C)(C3)C4=O)cc2nc1C=O. The van der Waals surface area contributed by atoms with E-state index < -0.39 is 10.8 Å². The summed E-state index contributed by atoms with van der Waals surface area (Å²) in [5.74, 6) is -0.277. The highest BCUT2D eigenvalue weighted by atomic mass is 16.2. The van der Waals surface area contributed by atoms with Crippen LogP contribution in [-0.2, 0) is 14.4 Å². The van der Waals surface area contributed by atoms with E-state index in [1.54, 1.807) is 12.1 Å². The molecule has 2 aliphatic rings. The highest BCUT2D eigenvalue weighted by molar-refractivity contribution is 5.98. The van der Waals surface area contributed by atoms with Crippen molar-refractivity contribution in [2.24, 2.45) is 10.8 Å². The Hall–Kier alpha value is -5.33. The molecule has 4 heterocycles. The van der Waals surface area contributed by atoms with Crippen molar-refractivity contribution < 1.29 is 24.0 Å². The largest absolute Gasteiger partial charge is 0.369 e. The first-order valence-corrected chi connectivity index (χ1v) is 14.1. The second kappa shape index (κ2) is 10.4. The second-order valence-corrected chi connectivity index (χ2v) is 12.0. The van der Waals surface area contributed by atoms with Crippen LogP contribution >= 0.6 is 0 Å². The molecule has 4 aromatic rings. The van der Waals surface area contributed by atoms with Crippen molar-refractivity contribution in [1.82, 2.24) is 19.9 Å². The van der Waals surface area contributed by atoms with Crippen LogP contribution in [0.4, 0.5) is 23.0 Å². The van der Waals surface area contributed by atoms with Gasteiger partial charge < -0.3 is 20.4 Å². The molecule has 2 aliphatic heterocycles. The molecule has 0 radical (unpaired) electrons. The molecule has 0 atom stereocenters. The lowest BCUT2D eigenvalue weighted by molar-refractivity contribution is -0.140. The maximum atomic E-state index is 13.8. The molecule has 2 N–H and O–H groups in total. The van der Waals surface area contributed by atoms with Gasteiger partial charge in [0.1, 0.15) is 11.4 Å². The fourth-order valence-electron chi connectivity index (χ4n) is 6.47. The van der Waals surface area contributed by atoms with Crippen molar-refractivity contribution in [3.63, 3.8) is 0 Å².